The van der Waals surface area contributed by atoms with Crippen LogP contribution in [0, 0.1) is 11.8 Å². The fourth-order valence-electron chi connectivity index (χ4n) is 3.66. The van der Waals surface area contributed by atoms with E-state index in [0.29, 0.717) is 29.8 Å². The number of nitrogens with zero attached hydrogens (tertiary/aromatic N) is 3. The van der Waals surface area contributed by atoms with E-state index < -0.39 is 0 Å². The van der Waals surface area contributed by atoms with Gasteiger partial charge >= 0.3 is 0 Å². The highest BCUT2D eigenvalue weighted by Crippen LogP contribution is 2.32. The lowest BCUT2D eigenvalue weighted by Gasteiger charge is -2.38. The molecule has 2 atom stereocenters. The van der Waals surface area contributed by atoms with E-state index in [1.165, 1.54) is 5.01 Å². The Morgan fingerprint density at radius 2 is 1.97 bits per heavy atom. The lowest BCUT2D eigenvalue weighted by atomic mass is 9.80. The maximum Gasteiger partial charge on any atom is 0.255 e. The number of hydrazine groups is 1. The van der Waals surface area contributed by atoms with Crippen LogP contribution < -0.4 is 15.8 Å². The molecule has 150 valence electrons. The molecule has 29 heavy (non-hydrogen) atoms. The molecule has 1 aromatic heterocycles. The number of allylic oxidation sites excluding steroid dienone is 2. The van der Waals surface area contributed by atoms with E-state index >= 15 is 0 Å². The van der Waals surface area contributed by atoms with Crippen LogP contribution in [0.15, 0.2) is 48.8 Å². The molecule has 2 N–H and O–H groups in total. The summed E-state index contributed by atoms with van der Waals surface area (Å²) >= 11 is 0. The zero-order valence-electron chi connectivity index (χ0n) is 16.3. The second-order valence-electron chi connectivity index (χ2n) is 7.61. The first-order valence-corrected chi connectivity index (χ1v) is 9.69. The standard InChI is InChI=1S/C21H23N5O3/c1-13(2)25-12-15(11-22-25)23-19(27)14-6-5-7-16(10-14)26-21(29)18-9-4-3-8-17(18)20(28)24-26/h3-7,10-13,17-18H,8-9H2,1-2H3,(H,23,27)(H,24,28). The van der Waals surface area contributed by atoms with E-state index in [4.69, 9.17) is 0 Å². The summed E-state index contributed by atoms with van der Waals surface area (Å²) in [6.07, 6.45) is 8.35. The average Bonchev–Trinajstić information content (AvgIpc) is 3.20. The van der Waals surface area contributed by atoms with Crippen LogP contribution in [0.3, 0.4) is 0 Å². The van der Waals surface area contributed by atoms with Crippen molar-refractivity contribution in [2.24, 2.45) is 11.8 Å². The SMILES string of the molecule is CC(C)n1cc(NC(=O)c2cccc(N3NC(=O)C4CC=CCC4C3=O)c2)cn1. The number of fused-ring (bicyclic) bond motifs is 1. The van der Waals surface area contributed by atoms with Gasteiger partial charge in [-0.2, -0.15) is 5.10 Å². The van der Waals surface area contributed by atoms with Gasteiger partial charge in [0.25, 0.3) is 5.91 Å². The Labute approximate surface area is 168 Å². The number of aromatic nitrogens is 2. The molecule has 1 fully saturated rings. The molecule has 8 heteroatoms. The first-order valence-electron chi connectivity index (χ1n) is 9.69. The maximum atomic E-state index is 12.9. The van der Waals surface area contributed by atoms with Crippen LogP contribution in [-0.2, 0) is 9.59 Å². The number of carbonyl (C=O) groups is 3. The van der Waals surface area contributed by atoms with E-state index in [1.54, 1.807) is 41.3 Å². The molecule has 2 aromatic rings. The number of carbonyl (C=O) groups excluding carboxylic acids is 3. The quantitative estimate of drug-likeness (QED) is 0.781. The molecule has 3 amide bonds. The molecule has 1 aliphatic carbocycles. The molecule has 4 rings (SSSR count). The summed E-state index contributed by atoms with van der Waals surface area (Å²) in [7, 11) is 0. The zero-order valence-corrected chi connectivity index (χ0v) is 16.3. The van der Waals surface area contributed by atoms with E-state index in [-0.39, 0.29) is 35.6 Å². The van der Waals surface area contributed by atoms with Crippen molar-refractivity contribution >= 4 is 29.1 Å². The molecule has 0 spiro atoms. The topological polar surface area (TPSA) is 96.3 Å². The molecule has 0 bridgehead atoms. The van der Waals surface area contributed by atoms with Crippen molar-refractivity contribution in [1.29, 1.82) is 0 Å². The number of rotatable bonds is 4. The van der Waals surface area contributed by atoms with E-state index in [2.05, 4.69) is 15.8 Å². The summed E-state index contributed by atoms with van der Waals surface area (Å²) in [5.74, 6) is -1.34. The number of anilines is 2. The average molecular weight is 393 g/mol. The van der Waals surface area contributed by atoms with Gasteiger partial charge in [0, 0.05) is 17.8 Å². The minimum atomic E-state index is -0.367. The molecule has 2 aliphatic rings. The Balaban J connectivity index is 1.53. The Hall–Kier alpha value is -3.42. The van der Waals surface area contributed by atoms with Crippen molar-refractivity contribution in [2.45, 2.75) is 32.7 Å². The van der Waals surface area contributed by atoms with Crippen LogP contribution in [-0.4, -0.2) is 27.5 Å². The van der Waals surface area contributed by atoms with Gasteiger partial charge in [0.15, 0.2) is 0 Å². The van der Waals surface area contributed by atoms with Crippen LogP contribution in [0.2, 0.25) is 0 Å². The van der Waals surface area contributed by atoms with Gasteiger partial charge in [0.2, 0.25) is 11.8 Å². The second-order valence-corrected chi connectivity index (χ2v) is 7.61. The summed E-state index contributed by atoms with van der Waals surface area (Å²) in [5, 5.41) is 8.27. The smallest absolute Gasteiger partial charge is 0.255 e. The molecule has 0 radical (unpaired) electrons. The van der Waals surface area contributed by atoms with Gasteiger partial charge in [-0.05, 0) is 44.9 Å². The Kier molecular flexibility index (Phi) is 4.92. The van der Waals surface area contributed by atoms with Gasteiger partial charge < -0.3 is 5.32 Å². The third-order valence-corrected chi connectivity index (χ3v) is 5.28. The van der Waals surface area contributed by atoms with Crippen LogP contribution in [0.1, 0.15) is 43.1 Å². The summed E-state index contributed by atoms with van der Waals surface area (Å²) in [6, 6.07) is 6.84. The molecule has 0 saturated carbocycles. The Morgan fingerprint density at radius 3 is 2.69 bits per heavy atom. The first kappa shape index (κ1) is 18.9. The normalized spacial score (nSPS) is 21.1. The van der Waals surface area contributed by atoms with Gasteiger partial charge in [0.1, 0.15) is 0 Å². The van der Waals surface area contributed by atoms with Crippen molar-refractivity contribution in [3.63, 3.8) is 0 Å². The Morgan fingerprint density at radius 1 is 1.21 bits per heavy atom. The van der Waals surface area contributed by atoms with Crippen molar-refractivity contribution in [3.8, 4) is 0 Å². The molecule has 1 aromatic carbocycles. The molecule has 1 aliphatic heterocycles. The molecule has 2 heterocycles. The number of hydrogen-bond donors (Lipinski definition) is 2. The van der Waals surface area contributed by atoms with Crippen molar-refractivity contribution < 1.29 is 14.4 Å². The fraction of sp³-hybridized carbons (Fsp3) is 0.333. The lowest BCUT2D eigenvalue weighted by Crippen LogP contribution is -2.59. The van der Waals surface area contributed by atoms with Crippen LogP contribution in [0.4, 0.5) is 11.4 Å². The van der Waals surface area contributed by atoms with Crippen LogP contribution in [0.5, 0.6) is 0 Å². The van der Waals surface area contributed by atoms with E-state index in [0.717, 1.165) is 0 Å². The number of benzene rings is 1. The van der Waals surface area contributed by atoms with Crippen molar-refractivity contribution in [2.75, 3.05) is 10.3 Å². The van der Waals surface area contributed by atoms with Crippen LogP contribution >= 0.6 is 0 Å². The zero-order chi connectivity index (χ0) is 20.5. The Bertz CT molecular complexity index is 994. The molecule has 8 nitrogen and oxygen atoms in total. The van der Waals surface area contributed by atoms with Gasteiger partial charge in [-0.1, -0.05) is 18.2 Å². The summed E-state index contributed by atoms with van der Waals surface area (Å²) < 4.78 is 1.75. The first-order chi connectivity index (χ1) is 13.9. The maximum absolute atomic E-state index is 12.9. The predicted octanol–water partition coefficient (Wildman–Crippen LogP) is 2.68. The highest BCUT2D eigenvalue weighted by Gasteiger charge is 2.42. The summed E-state index contributed by atoms with van der Waals surface area (Å²) in [4.78, 5) is 38.0. The van der Waals surface area contributed by atoms with Crippen LogP contribution in [0.25, 0.3) is 0 Å². The predicted molar refractivity (Wildman–Crippen MR) is 108 cm³/mol. The minimum absolute atomic E-state index is 0.158. The molecular formula is C21H23N5O3. The van der Waals surface area contributed by atoms with Gasteiger partial charge in [-0.25, -0.2) is 5.01 Å². The lowest BCUT2D eigenvalue weighted by molar-refractivity contribution is -0.139. The molecular weight excluding hydrogens is 370 g/mol. The number of hydrogen-bond acceptors (Lipinski definition) is 4. The van der Waals surface area contributed by atoms with E-state index in [9.17, 15) is 14.4 Å². The second kappa shape index (κ2) is 7.54. The third kappa shape index (κ3) is 3.65. The summed E-state index contributed by atoms with van der Waals surface area (Å²) in [6.45, 7) is 4.00. The largest absolute Gasteiger partial charge is 0.319 e. The molecule has 1 saturated heterocycles. The van der Waals surface area contributed by atoms with Gasteiger partial charge in [0.05, 0.1) is 29.4 Å². The number of amides is 3. The van der Waals surface area contributed by atoms with Crippen molar-refractivity contribution in [1.82, 2.24) is 15.2 Å². The van der Waals surface area contributed by atoms with Crippen molar-refractivity contribution in [3.05, 3.63) is 54.4 Å². The van der Waals surface area contributed by atoms with E-state index in [1.807, 2.05) is 26.0 Å². The number of nitrogens with one attached hydrogen (secondary N) is 2. The monoisotopic (exact) mass is 393 g/mol. The van der Waals surface area contributed by atoms with Gasteiger partial charge in [-0.3, -0.25) is 24.5 Å². The fourth-order valence-corrected chi connectivity index (χ4v) is 3.66. The highest BCUT2D eigenvalue weighted by molar-refractivity contribution is 6.07. The molecule has 2 unspecified atom stereocenters. The van der Waals surface area contributed by atoms with Gasteiger partial charge in [-0.15, -0.1) is 0 Å². The third-order valence-electron chi connectivity index (χ3n) is 5.28. The highest BCUT2D eigenvalue weighted by atomic mass is 16.2. The summed E-state index contributed by atoms with van der Waals surface area (Å²) in [5.41, 5.74) is 4.11. The minimum Gasteiger partial charge on any atom is -0.319 e.